The van der Waals surface area contributed by atoms with Crippen LogP contribution in [0.1, 0.15) is 0 Å². The van der Waals surface area contributed by atoms with Gasteiger partial charge in [0, 0.05) is 32.7 Å². The zero-order valence-corrected chi connectivity index (χ0v) is 12.4. The summed E-state index contributed by atoms with van der Waals surface area (Å²) < 4.78 is 95.2. The van der Waals surface area contributed by atoms with Crippen LogP contribution in [0.5, 0.6) is 0 Å². The molecule has 16 heteroatoms. The van der Waals surface area contributed by atoms with Crippen molar-refractivity contribution < 1.29 is 102 Å². The van der Waals surface area contributed by atoms with Gasteiger partial charge in [-0.05, 0) is 0 Å². The summed E-state index contributed by atoms with van der Waals surface area (Å²) >= 11 is 0. The van der Waals surface area contributed by atoms with Gasteiger partial charge in [-0.1, -0.05) is 0 Å². The number of halogens is 9. The average molecular weight is 431 g/mol. The molecule has 0 aromatic rings. The minimum atomic E-state index is -5.08. The maximum atomic E-state index is 10.6. The van der Waals surface area contributed by atoms with E-state index in [-0.39, 0.29) is 32.7 Å². The fourth-order valence-electron chi connectivity index (χ4n) is 0. The van der Waals surface area contributed by atoms with E-state index < -0.39 is 36.4 Å². The summed E-state index contributed by atoms with van der Waals surface area (Å²) in [5, 5.41) is 21.4. The first-order valence-corrected chi connectivity index (χ1v) is 3.73. The van der Waals surface area contributed by atoms with Crippen LogP contribution < -0.4 is 0 Å². The summed E-state index contributed by atoms with van der Waals surface area (Å²) in [5.74, 6) is -8.27. The Bertz CT molecular complexity index is 313. The molecule has 22 heavy (non-hydrogen) atoms. The van der Waals surface area contributed by atoms with E-state index in [1.54, 1.807) is 0 Å². The SMILES string of the molecule is O=C(O)C(F)(F)F.O=C(O)C(F)(F)F.O=C(O)C(F)(F)F.[Y]. The zero-order chi connectivity index (χ0) is 18.2. The Morgan fingerprint density at radius 3 is 0.545 bits per heavy atom. The van der Waals surface area contributed by atoms with E-state index in [4.69, 9.17) is 29.7 Å². The van der Waals surface area contributed by atoms with Crippen molar-refractivity contribution in [2.24, 2.45) is 0 Å². The van der Waals surface area contributed by atoms with E-state index in [0.717, 1.165) is 0 Å². The first-order valence-electron chi connectivity index (χ1n) is 3.73. The van der Waals surface area contributed by atoms with Gasteiger partial charge in [0.25, 0.3) is 0 Å². The van der Waals surface area contributed by atoms with Crippen LogP contribution in [0.15, 0.2) is 0 Å². The van der Waals surface area contributed by atoms with Crippen molar-refractivity contribution >= 4 is 17.9 Å². The number of alkyl halides is 9. The van der Waals surface area contributed by atoms with Crippen molar-refractivity contribution in [3.05, 3.63) is 0 Å². The Balaban J connectivity index is -0.000000108. The van der Waals surface area contributed by atoms with Crippen LogP contribution in [0.25, 0.3) is 0 Å². The second-order valence-corrected chi connectivity index (χ2v) is 2.41. The quantitative estimate of drug-likeness (QED) is 0.506. The Morgan fingerprint density at radius 2 is 0.545 bits per heavy atom. The summed E-state index contributed by atoms with van der Waals surface area (Å²) in [7, 11) is 0. The summed E-state index contributed by atoms with van der Waals surface area (Å²) in [5.41, 5.74) is 0. The molecule has 129 valence electrons. The number of carboxylic acids is 3. The van der Waals surface area contributed by atoms with Gasteiger partial charge in [-0.25, -0.2) is 14.4 Å². The van der Waals surface area contributed by atoms with E-state index >= 15 is 0 Å². The predicted molar refractivity (Wildman–Crippen MR) is 41.1 cm³/mol. The molecule has 0 aliphatic heterocycles. The molecular formula is C6H3F9O6Y. The molecule has 0 fully saturated rings. The van der Waals surface area contributed by atoms with E-state index in [9.17, 15) is 39.5 Å². The smallest absolute Gasteiger partial charge is 0.475 e. The predicted octanol–water partition coefficient (Wildman–Crippen LogP) is 1.90. The van der Waals surface area contributed by atoms with E-state index in [2.05, 4.69) is 0 Å². The molecule has 0 atom stereocenters. The monoisotopic (exact) mass is 431 g/mol. The zero-order valence-electron chi connectivity index (χ0n) is 9.55. The minimum Gasteiger partial charge on any atom is -0.475 e. The van der Waals surface area contributed by atoms with E-state index in [1.807, 2.05) is 0 Å². The number of hydrogen-bond donors (Lipinski definition) is 3. The van der Waals surface area contributed by atoms with Crippen molar-refractivity contribution in [3.8, 4) is 0 Å². The Morgan fingerprint density at radius 1 is 0.500 bits per heavy atom. The van der Waals surface area contributed by atoms with Crippen LogP contribution >= 0.6 is 0 Å². The van der Waals surface area contributed by atoms with Gasteiger partial charge >= 0.3 is 36.4 Å². The van der Waals surface area contributed by atoms with E-state index in [1.165, 1.54) is 0 Å². The molecule has 0 aromatic carbocycles. The van der Waals surface area contributed by atoms with Crippen molar-refractivity contribution in [1.29, 1.82) is 0 Å². The molecule has 0 rings (SSSR count). The number of carbonyl (C=O) groups is 3. The van der Waals surface area contributed by atoms with Crippen molar-refractivity contribution in [2.45, 2.75) is 18.5 Å². The molecule has 0 amide bonds. The minimum absolute atomic E-state index is 0. The molecule has 1 radical (unpaired) electrons. The van der Waals surface area contributed by atoms with Crippen LogP contribution in [-0.4, -0.2) is 51.8 Å². The first-order chi connectivity index (χ1) is 8.83. The summed E-state index contributed by atoms with van der Waals surface area (Å²) in [6.45, 7) is 0. The Hall–Kier alpha value is -1.12. The second kappa shape index (κ2) is 10.6. The van der Waals surface area contributed by atoms with Gasteiger partial charge in [-0.2, -0.15) is 39.5 Å². The Labute approximate surface area is 138 Å². The molecule has 0 saturated carbocycles. The molecule has 0 unspecified atom stereocenters. The van der Waals surface area contributed by atoms with Crippen LogP contribution in [0.3, 0.4) is 0 Å². The fraction of sp³-hybridized carbons (Fsp3) is 0.500. The summed E-state index contributed by atoms with van der Waals surface area (Å²) in [4.78, 5) is 26.7. The molecular weight excluding hydrogens is 428 g/mol. The van der Waals surface area contributed by atoms with Gasteiger partial charge in [-0.15, -0.1) is 0 Å². The first kappa shape index (κ1) is 29.0. The molecule has 0 aromatic heterocycles. The van der Waals surface area contributed by atoms with Crippen LogP contribution in [0.4, 0.5) is 39.5 Å². The maximum absolute atomic E-state index is 10.6. The third kappa shape index (κ3) is 21.2. The number of hydrogen-bond acceptors (Lipinski definition) is 3. The fourth-order valence-corrected chi connectivity index (χ4v) is 0. The van der Waals surface area contributed by atoms with Crippen LogP contribution in [0.2, 0.25) is 0 Å². The van der Waals surface area contributed by atoms with Crippen LogP contribution in [-0.2, 0) is 47.1 Å². The molecule has 0 saturated heterocycles. The normalized spacial score (nSPS) is 10.8. The standard InChI is InChI=1S/3C2HF3O2.Y/c3*3-2(4,5)1(6)7;/h3*(H,6,7);. The topological polar surface area (TPSA) is 112 Å². The summed E-state index contributed by atoms with van der Waals surface area (Å²) in [6.07, 6.45) is -15.3. The molecule has 0 aliphatic rings. The average Bonchev–Trinajstić information content (AvgIpc) is 2.14. The molecule has 0 spiro atoms. The maximum Gasteiger partial charge on any atom is 0.490 e. The van der Waals surface area contributed by atoms with Gasteiger partial charge in [0.05, 0.1) is 0 Å². The number of aliphatic carboxylic acids is 3. The van der Waals surface area contributed by atoms with Crippen LogP contribution in [0, 0.1) is 0 Å². The third-order valence-electron chi connectivity index (χ3n) is 0.728. The van der Waals surface area contributed by atoms with Gasteiger partial charge < -0.3 is 15.3 Å². The van der Waals surface area contributed by atoms with Crippen molar-refractivity contribution in [2.75, 3.05) is 0 Å². The Kier molecular flexibility index (Phi) is 13.9. The van der Waals surface area contributed by atoms with Crippen molar-refractivity contribution in [3.63, 3.8) is 0 Å². The number of carboxylic acid groups (broad SMARTS) is 3. The van der Waals surface area contributed by atoms with Gasteiger partial charge in [0.2, 0.25) is 0 Å². The molecule has 0 aliphatic carbocycles. The van der Waals surface area contributed by atoms with Gasteiger partial charge in [0.1, 0.15) is 0 Å². The molecule has 3 N–H and O–H groups in total. The molecule has 0 heterocycles. The summed E-state index contributed by atoms with van der Waals surface area (Å²) in [6, 6.07) is 0. The largest absolute Gasteiger partial charge is 0.490 e. The van der Waals surface area contributed by atoms with Gasteiger partial charge in [0.15, 0.2) is 0 Å². The third-order valence-corrected chi connectivity index (χ3v) is 0.728. The van der Waals surface area contributed by atoms with Gasteiger partial charge in [-0.3, -0.25) is 0 Å². The number of rotatable bonds is 0. The van der Waals surface area contributed by atoms with Crippen molar-refractivity contribution in [1.82, 2.24) is 0 Å². The molecule has 0 bridgehead atoms. The molecule has 6 nitrogen and oxygen atoms in total. The second-order valence-electron chi connectivity index (χ2n) is 2.41. The van der Waals surface area contributed by atoms with E-state index in [0.29, 0.717) is 0 Å².